The Morgan fingerprint density at radius 2 is 2.11 bits per heavy atom. The van der Waals surface area contributed by atoms with Crippen LogP contribution in [0.15, 0.2) is 29.2 Å². The van der Waals surface area contributed by atoms with Gasteiger partial charge in [0.15, 0.2) is 0 Å². The molecule has 6 heteroatoms. The van der Waals surface area contributed by atoms with Gasteiger partial charge in [-0.2, -0.15) is 8.78 Å². The molecule has 1 unspecified atom stereocenters. The van der Waals surface area contributed by atoms with E-state index in [1.165, 1.54) is 0 Å². The van der Waals surface area contributed by atoms with E-state index in [2.05, 4.69) is 4.90 Å². The van der Waals surface area contributed by atoms with E-state index in [4.69, 9.17) is 5.11 Å². The van der Waals surface area contributed by atoms with Crippen LogP contribution in [0.2, 0.25) is 0 Å². The average Bonchev–Trinajstić information content (AvgIpc) is 2.80. The Balaban J connectivity index is 1.88. The third-order valence-electron chi connectivity index (χ3n) is 3.18. The zero-order valence-corrected chi connectivity index (χ0v) is 11.1. The van der Waals surface area contributed by atoms with Crippen LogP contribution in [-0.4, -0.2) is 34.8 Å². The lowest BCUT2D eigenvalue weighted by Gasteiger charge is -2.15. The van der Waals surface area contributed by atoms with Crippen LogP contribution in [0.4, 0.5) is 8.78 Å². The van der Waals surface area contributed by atoms with Gasteiger partial charge in [-0.1, -0.05) is 23.9 Å². The largest absolute Gasteiger partial charge is 0.481 e. The maximum absolute atomic E-state index is 12.2. The van der Waals surface area contributed by atoms with Gasteiger partial charge in [0.2, 0.25) is 0 Å². The Morgan fingerprint density at radius 1 is 1.42 bits per heavy atom. The third kappa shape index (κ3) is 4.18. The van der Waals surface area contributed by atoms with Crippen LogP contribution in [0.3, 0.4) is 0 Å². The molecule has 1 N–H and O–H groups in total. The number of rotatable bonds is 5. The summed E-state index contributed by atoms with van der Waals surface area (Å²) in [6, 6.07) is 6.99. The van der Waals surface area contributed by atoms with Crippen LogP contribution in [0.25, 0.3) is 0 Å². The van der Waals surface area contributed by atoms with Crippen molar-refractivity contribution in [1.29, 1.82) is 0 Å². The molecule has 1 saturated heterocycles. The second-order valence-corrected chi connectivity index (χ2v) is 5.64. The van der Waals surface area contributed by atoms with Gasteiger partial charge < -0.3 is 5.11 Å². The van der Waals surface area contributed by atoms with Crippen molar-refractivity contribution in [3.63, 3.8) is 0 Å². The molecular formula is C13H15F2NO2S. The quantitative estimate of drug-likeness (QED) is 0.845. The number of carbonyl (C=O) groups is 1. The van der Waals surface area contributed by atoms with E-state index in [0.29, 0.717) is 36.2 Å². The summed E-state index contributed by atoms with van der Waals surface area (Å²) in [5.41, 5.74) is 1.02. The number of thioether (sulfide) groups is 1. The van der Waals surface area contributed by atoms with Crippen molar-refractivity contribution in [2.75, 3.05) is 13.1 Å². The summed E-state index contributed by atoms with van der Waals surface area (Å²) < 4.78 is 24.3. The molecule has 2 rings (SSSR count). The van der Waals surface area contributed by atoms with Crippen LogP contribution < -0.4 is 0 Å². The Kier molecular flexibility index (Phi) is 4.76. The molecule has 19 heavy (non-hydrogen) atoms. The van der Waals surface area contributed by atoms with Gasteiger partial charge in [-0.05, 0) is 30.7 Å². The first-order valence-corrected chi connectivity index (χ1v) is 6.91. The zero-order valence-electron chi connectivity index (χ0n) is 10.3. The SMILES string of the molecule is O=C(O)C1CCN(Cc2ccc(SC(F)F)cc2)C1. The van der Waals surface area contributed by atoms with Crippen LogP contribution in [-0.2, 0) is 11.3 Å². The molecule has 0 amide bonds. The second-order valence-electron chi connectivity index (χ2n) is 4.58. The van der Waals surface area contributed by atoms with Gasteiger partial charge >= 0.3 is 5.97 Å². The molecule has 3 nitrogen and oxygen atoms in total. The number of carboxylic acids is 1. The normalized spacial score (nSPS) is 20.1. The fourth-order valence-electron chi connectivity index (χ4n) is 2.21. The predicted octanol–water partition coefficient (Wildman–Crippen LogP) is 2.91. The van der Waals surface area contributed by atoms with Gasteiger partial charge in [-0.25, -0.2) is 0 Å². The first-order valence-electron chi connectivity index (χ1n) is 6.03. The summed E-state index contributed by atoms with van der Waals surface area (Å²) in [5.74, 6) is -3.43. The highest BCUT2D eigenvalue weighted by molar-refractivity contribution is 7.99. The van der Waals surface area contributed by atoms with Crippen molar-refractivity contribution < 1.29 is 18.7 Å². The fourth-order valence-corrected chi connectivity index (χ4v) is 2.71. The van der Waals surface area contributed by atoms with Crippen molar-refractivity contribution >= 4 is 17.7 Å². The standard InChI is InChI=1S/C13H15F2NO2S/c14-13(15)19-11-3-1-9(2-4-11)7-16-6-5-10(8-16)12(17)18/h1-4,10,13H,5-8H2,(H,17,18). The molecule has 1 aromatic carbocycles. The second kappa shape index (κ2) is 6.34. The molecule has 1 aliphatic heterocycles. The highest BCUT2D eigenvalue weighted by Gasteiger charge is 2.27. The number of benzene rings is 1. The van der Waals surface area contributed by atoms with Gasteiger partial charge in [0.05, 0.1) is 5.92 Å². The van der Waals surface area contributed by atoms with Crippen molar-refractivity contribution in [2.45, 2.75) is 23.6 Å². The van der Waals surface area contributed by atoms with Gasteiger partial charge in [-0.3, -0.25) is 9.69 Å². The average molecular weight is 287 g/mol. The maximum atomic E-state index is 12.2. The van der Waals surface area contributed by atoms with Crippen molar-refractivity contribution in [3.05, 3.63) is 29.8 Å². The summed E-state index contributed by atoms with van der Waals surface area (Å²) in [4.78, 5) is 13.5. The van der Waals surface area contributed by atoms with Crippen molar-refractivity contribution in [2.24, 2.45) is 5.92 Å². The van der Waals surface area contributed by atoms with Gasteiger partial charge in [-0.15, -0.1) is 0 Å². The van der Waals surface area contributed by atoms with E-state index in [0.717, 1.165) is 12.1 Å². The van der Waals surface area contributed by atoms with E-state index >= 15 is 0 Å². The number of likely N-dealkylation sites (tertiary alicyclic amines) is 1. The zero-order chi connectivity index (χ0) is 13.8. The number of halogens is 2. The number of nitrogens with zero attached hydrogens (tertiary/aromatic N) is 1. The Labute approximate surface area is 114 Å². The molecule has 0 radical (unpaired) electrons. The lowest BCUT2D eigenvalue weighted by Crippen LogP contribution is -2.22. The fraction of sp³-hybridized carbons (Fsp3) is 0.462. The molecule has 0 spiro atoms. The molecular weight excluding hydrogens is 272 g/mol. The first-order chi connectivity index (χ1) is 9.04. The van der Waals surface area contributed by atoms with Crippen LogP contribution in [0, 0.1) is 5.92 Å². The molecule has 1 aromatic rings. The van der Waals surface area contributed by atoms with Crippen molar-refractivity contribution in [1.82, 2.24) is 4.90 Å². The van der Waals surface area contributed by atoms with Gasteiger partial charge in [0, 0.05) is 18.0 Å². The van der Waals surface area contributed by atoms with Crippen LogP contribution in [0.1, 0.15) is 12.0 Å². The minimum Gasteiger partial charge on any atom is -0.481 e. The molecule has 1 atom stereocenters. The molecule has 1 heterocycles. The molecule has 0 saturated carbocycles. The smallest absolute Gasteiger partial charge is 0.307 e. The number of hydrogen-bond donors (Lipinski definition) is 1. The lowest BCUT2D eigenvalue weighted by molar-refractivity contribution is -0.141. The summed E-state index contributed by atoms with van der Waals surface area (Å²) in [5, 5.41) is 8.92. The minimum atomic E-state index is -2.40. The summed E-state index contributed by atoms with van der Waals surface area (Å²) in [6.45, 7) is 2.00. The van der Waals surface area contributed by atoms with Gasteiger partial charge in [0.25, 0.3) is 5.76 Å². The van der Waals surface area contributed by atoms with Gasteiger partial charge in [0.1, 0.15) is 0 Å². The summed E-state index contributed by atoms with van der Waals surface area (Å²) in [7, 11) is 0. The van der Waals surface area contributed by atoms with E-state index in [1.807, 2.05) is 12.1 Å². The molecule has 1 aliphatic rings. The Bertz CT molecular complexity index is 439. The van der Waals surface area contributed by atoms with E-state index in [9.17, 15) is 13.6 Å². The van der Waals surface area contributed by atoms with E-state index in [-0.39, 0.29) is 5.92 Å². The number of aliphatic carboxylic acids is 1. The highest BCUT2D eigenvalue weighted by Crippen LogP contribution is 2.26. The minimum absolute atomic E-state index is 0.284. The Hall–Kier alpha value is -1.14. The molecule has 104 valence electrons. The highest BCUT2D eigenvalue weighted by atomic mass is 32.2. The summed E-state index contributed by atoms with van der Waals surface area (Å²) >= 11 is 0.530. The molecule has 0 bridgehead atoms. The number of alkyl halides is 2. The number of hydrogen-bond acceptors (Lipinski definition) is 3. The maximum Gasteiger partial charge on any atom is 0.307 e. The lowest BCUT2D eigenvalue weighted by atomic mass is 10.1. The third-order valence-corrected chi connectivity index (χ3v) is 3.90. The first kappa shape index (κ1) is 14.3. The van der Waals surface area contributed by atoms with E-state index in [1.54, 1.807) is 12.1 Å². The van der Waals surface area contributed by atoms with Crippen LogP contribution in [0.5, 0.6) is 0 Å². The Morgan fingerprint density at radius 3 is 2.63 bits per heavy atom. The molecule has 1 fully saturated rings. The van der Waals surface area contributed by atoms with Crippen LogP contribution >= 0.6 is 11.8 Å². The molecule has 0 aliphatic carbocycles. The number of carboxylic acid groups (broad SMARTS) is 1. The topological polar surface area (TPSA) is 40.5 Å². The van der Waals surface area contributed by atoms with E-state index < -0.39 is 11.7 Å². The van der Waals surface area contributed by atoms with Crippen molar-refractivity contribution in [3.8, 4) is 0 Å². The molecule has 0 aromatic heterocycles. The predicted molar refractivity (Wildman–Crippen MR) is 69.3 cm³/mol. The summed E-state index contributed by atoms with van der Waals surface area (Å²) in [6.07, 6.45) is 0.675. The monoisotopic (exact) mass is 287 g/mol.